The number of aromatic nitrogens is 4. The first-order chi connectivity index (χ1) is 11.8. The minimum atomic E-state index is -3.74. The van der Waals surface area contributed by atoms with Crippen LogP contribution in [0.25, 0.3) is 5.82 Å². The van der Waals surface area contributed by atoms with Crippen LogP contribution >= 0.6 is 0 Å². The highest BCUT2D eigenvalue weighted by atomic mass is 32.2. The van der Waals surface area contributed by atoms with Gasteiger partial charge < -0.3 is 0 Å². The van der Waals surface area contributed by atoms with Crippen LogP contribution in [0.1, 0.15) is 22.5 Å². The molecule has 0 unspecified atom stereocenters. The topological polar surface area (TPSA) is 89.8 Å². The molecule has 0 atom stereocenters. The van der Waals surface area contributed by atoms with Gasteiger partial charge in [0, 0.05) is 11.8 Å². The summed E-state index contributed by atoms with van der Waals surface area (Å²) in [5.41, 5.74) is 3.30. The van der Waals surface area contributed by atoms with Crippen LogP contribution in [0.5, 0.6) is 0 Å². The number of hydrogen-bond acceptors (Lipinski definition) is 5. The summed E-state index contributed by atoms with van der Waals surface area (Å²) in [6.07, 6.45) is 1.31. The van der Waals surface area contributed by atoms with Gasteiger partial charge in [0.1, 0.15) is 12.1 Å². The maximum absolute atomic E-state index is 12.7. The summed E-state index contributed by atoms with van der Waals surface area (Å²) in [5, 5.41) is 4.35. The third kappa shape index (κ3) is 3.53. The molecule has 3 rings (SSSR count). The number of anilines is 1. The Kier molecular flexibility index (Phi) is 4.30. The third-order valence-corrected chi connectivity index (χ3v) is 5.25. The minimum Gasteiger partial charge on any atom is -0.263 e. The molecular formula is C17H19N5O2S. The number of nitrogens with one attached hydrogen (secondary N) is 1. The minimum absolute atomic E-state index is 0.193. The fourth-order valence-corrected chi connectivity index (χ4v) is 3.90. The Bertz CT molecular complexity index is 1040. The zero-order valence-electron chi connectivity index (χ0n) is 14.5. The van der Waals surface area contributed by atoms with Crippen molar-refractivity contribution in [3.8, 4) is 5.82 Å². The Morgan fingerprint density at radius 1 is 1.00 bits per heavy atom. The number of nitrogens with zero attached hydrogens (tertiary/aromatic N) is 4. The third-order valence-electron chi connectivity index (χ3n) is 3.75. The summed E-state index contributed by atoms with van der Waals surface area (Å²) in [4.78, 5) is 8.43. The van der Waals surface area contributed by atoms with Gasteiger partial charge in [-0.3, -0.25) is 4.72 Å². The first-order valence-electron chi connectivity index (χ1n) is 7.72. The highest BCUT2D eigenvalue weighted by Gasteiger charge is 2.18. The summed E-state index contributed by atoms with van der Waals surface area (Å²) in [7, 11) is -3.74. The summed E-state index contributed by atoms with van der Waals surface area (Å²) >= 11 is 0. The maximum Gasteiger partial charge on any atom is 0.263 e. The van der Waals surface area contributed by atoms with Crippen LogP contribution in [-0.2, 0) is 10.0 Å². The highest BCUT2D eigenvalue weighted by molar-refractivity contribution is 7.92. The van der Waals surface area contributed by atoms with E-state index in [9.17, 15) is 8.42 Å². The molecule has 0 saturated heterocycles. The summed E-state index contributed by atoms with van der Waals surface area (Å²) < 4.78 is 29.6. The maximum atomic E-state index is 12.7. The summed E-state index contributed by atoms with van der Waals surface area (Å²) in [6, 6.07) is 8.77. The number of sulfonamides is 1. The number of hydrogen-bond donors (Lipinski definition) is 1. The van der Waals surface area contributed by atoms with Crippen molar-refractivity contribution in [3.05, 3.63) is 59.2 Å². The molecule has 1 N–H and O–H groups in total. The lowest BCUT2D eigenvalue weighted by Crippen LogP contribution is -2.16. The van der Waals surface area contributed by atoms with E-state index in [1.165, 1.54) is 6.33 Å². The summed E-state index contributed by atoms with van der Waals surface area (Å²) in [5.74, 6) is 0.692. The highest BCUT2D eigenvalue weighted by Crippen LogP contribution is 2.20. The van der Waals surface area contributed by atoms with Crippen molar-refractivity contribution in [1.29, 1.82) is 0 Å². The Labute approximate surface area is 146 Å². The molecule has 2 heterocycles. The normalized spacial score (nSPS) is 11.5. The molecule has 0 radical (unpaired) electrons. The van der Waals surface area contributed by atoms with E-state index in [1.807, 2.05) is 32.9 Å². The molecule has 25 heavy (non-hydrogen) atoms. The zero-order valence-corrected chi connectivity index (χ0v) is 15.3. The second-order valence-electron chi connectivity index (χ2n) is 5.97. The van der Waals surface area contributed by atoms with Crippen LogP contribution in [0.2, 0.25) is 0 Å². The SMILES string of the molecule is Cc1ccc(C)c(S(=O)(=O)Nc2cc(-n3nc(C)cc3C)ncn2)c1. The molecule has 3 aromatic rings. The molecule has 0 spiro atoms. The predicted molar refractivity (Wildman–Crippen MR) is 95.4 cm³/mol. The fraction of sp³-hybridized carbons (Fsp3) is 0.235. The first kappa shape index (κ1) is 17.1. The average molecular weight is 357 g/mol. The molecule has 0 saturated carbocycles. The van der Waals surface area contributed by atoms with Crippen LogP contribution < -0.4 is 4.72 Å². The molecule has 0 aliphatic carbocycles. The smallest absolute Gasteiger partial charge is 0.263 e. The van der Waals surface area contributed by atoms with Crippen LogP contribution in [0, 0.1) is 27.7 Å². The van der Waals surface area contributed by atoms with Crippen LogP contribution in [0.3, 0.4) is 0 Å². The van der Waals surface area contributed by atoms with Crippen LogP contribution in [0.15, 0.2) is 41.6 Å². The van der Waals surface area contributed by atoms with Gasteiger partial charge in [-0.1, -0.05) is 12.1 Å². The van der Waals surface area contributed by atoms with Crippen molar-refractivity contribution in [2.45, 2.75) is 32.6 Å². The Morgan fingerprint density at radius 3 is 2.44 bits per heavy atom. The van der Waals surface area contributed by atoms with Crippen LogP contribution in [-0.4, -0.2) is 28.2 Å². The fourth-order valence-electron chi connectivity index (χ4n) is 2.57. The Morgan fingerprint density at radius 2 is 1.76 bits per heavy atom. The van der Waals surface area contributed by atoms with Crippen molar-refractivity contribution in [2.24, 2.45) is 0 Å². The van der Waals surface area contributed by atoms with E-state index in [2.05, 4.69) is 19.8 Å². The molecule has 7 nitrogen and oxygen atoms in total. The number of benzene rings is 1. The lowest BCUT2D eigenvalue weighted by molar-refractivity contribution is 0.600. The van der Waals surface area contributed by atoms with Gasteiger partial charge in [-0.25, -0.2) is 23.1 Å². The van der Waals surface area contributed by atoms with E-state index >= 15 is 0 Å². The largest absolute Gasteiger partial charge is 0.263 e. The van der Waals surface area contributed by atoms with Crippen molar-refractivity contribution in [1.82, 2.24) is 19.7 Å². The van der Waals surface area contributed by atoms with E-state index < -0.39 is 10.0 Å². The molecule has 0 bridgehead atoms. The molecule has 0 aliphatic rings. The van der Waals surface area contributed by atoms with Gasteiger partial charge in [0.2, 0.25) is 0 Å². The zero-order chi connectivity index (χ0) is 18.2. The quantitative estimate of drug-likeness (QED) is 0.775. The van der Waals surface area contributed by atoms with Crippen molar-refractivity contribution in [2.75, 3.05) is 4.72 Å². The first-order valence-corrected chi connectivity index (χ1v) is 9.20. The van der Waals surface area contributed by atoms with Gasteiger partial charge in [0.25, 0.3) is 10.0 Å². The molecule has 2 aromatic heterocycles. The lowest BCUT2D eigenvalue weighted by atomic mass is 10.2. The molecule has 0 aliphatic heterocycles. The van der Waals surface area contributed by atoms with E-state index in [0.717, 1.165) is 17.0 Å². The molecule has 0 amide bonds. The summed E-state index contributed by atoms with van der Waals surface area (Å²) in [6.45, 7) is 7.40. The van der Waals surface area contributed by atoms with Crippen molar-refractivity contribution in [3.63, 3.8) is 0 Å². The second kappa shape index (κ2) is 6.29. The van der Waals surface area contributed by atoms with E-state index in [0.29, 0.717) is 11.4 Å². The average Bonchev–Trinajstić information content (AvgIpc) is 2.88. The number of rotatable bonds is 4. The van der Waals surface area contributed by atoms with Gasteiger partial charge in [-0.2, -0.15) is 5.10 Å². The van der Waals surface area contributed by atoms with Crippen LogP contribution in [0.4, 0.5) is 5.82 Å². The molecule has 130 valence electrons. The molecular weight excluding hydrogens is 338 g/mol. The van der Waals surface area contributed by atoms with Gasteiger partial charge >= 0.3 is 0 Å². The molecule has 0 fully saturated rings. The van der Waals surface area contributed by atoms with Gasteiger partial charge in [-0.05, 0) is 51.0 Å². The Balaban J connectivity index is 1.97. The van der Waals surface area contributed by atoms with Crippen molar-refractivity contribution < 1.29 is 8.42 Å². The van der Waals surface area contributed by atoms with E-state index in [1.54, 1.807) is 29.8 Å². The van der Waals surface area contributed by atoms with Gasteiger partial charge in [0.05, 0.1) is 10.6 Å². The molecule has 8 heteroatoms. The van der Waals surface area contributed by atoms with E-state index in [4.69, 9.17) is 0 Å². The monoisotopic (exact) mass is 357 g/mol. The molecule has 1 aromatic carbocycles. The van der Waals surface area contributed by atoms with E-state index in [-0.39, 0.29) is 10.7 Å². The van der Waals surface area contributed by atoms with Crippen molar-refractivity contribution >= 4 is 15.8 Å². The van der Waals surface area contributed by atoms with Gasteiger partial charge in [0.15, 0.2) is 5.82 Å². The standard InChI is InChI=1S/C17H19N5O2S/c1-11-5-6-12(2)15(7-11)25(23,24)21-16-9-17(19-10-18-16)22-14(4)8-13(3)20-22/h5-10H,1-4H3,(H,18,19,21). The van der Waals surface area contributed by atoms with Gasteiger partial charge in [-0.15, -0.1) is 0 Å². The second-order valence-corrected chi connectivity index (χ2v) is 7.63. The predicted octanol–water partition coefficient (Wildman–Crippen LogP) is 2.70. The lowest BCUT2D eigenvalue weighted by Gasteiger charge is -2.11. The number of aryl methyl sites for hydroxylation is 4. The Hall–Kier alpha value is -2.74.